The number of urea groups is 1. The minimum absolute atomic E-state index is 0.102. The van der Waals surface area contributed by atoms with Crippen molar-refractivity contribution in [2.24, 2.45) is 0 Å². The second kappa shape index (κ2) is 4.61. The Bertz CT molecular complexity index is 416. The number of nitrogens with one attached hydrogen (secondary N) is 1. The highest BCUT2D eigenvalue weighted by Gasteiger charge is 2.21. The van der Waals surface area contributed by atoms with E-state index in [4.69, 9.17) is 0 Å². The summed E-state index contributed by atoms with van der Waals surface area (Å²) < 4.78 is 0. The summed E-state index contributed by atoms with van der Waals surface area (Å²) in [6.07, 6.45) is 1.85. The fourth-order valence-corrected chi connectivity index (χ4v) is 1.76. The van der Waals surface area contributed by atoms with Crippen LogP contribution in [0.4, 0.5) is 4.79 Å². The second-order valence-corrected chi connectivity index (χ2v) is 4.36. The van der Waals surface area contributed by atoms with E-state index in [1.807, 2.05) is 43.5 Å². The van der Waals surface area contributed by atoms with E-state index in [1.54, 1.807) is 4.90 Å². The van der Waals surface area contributed by atoms with E-state index in [1.165, 1.54) is 0 Å². The summed E-state index contributed by atoms with van der Waals surface area (Å²) in [5.74, 6) is 0. The van der Waals surface area contributed by atoms with Gasteiger partial charge in [-0.25, -0.2) is 4.79 Å². The monoisotopic (exact) mass is 234 g/mol. The lowest BCUT2D eigenvalue weighted by molar-refractivity contribution is 0.210. The molecule has 1 aliphatic rings. The van der Waals surface area contributed by atoms with Crippen LogP contribution in [-0.4, -0.2) is 16.3 Å². The summed E-state index contributed by atoms with van der Waals surface area (Å²) in [7, 11) is 0. The van der Waals surface area contributed by atoms with Gasteiger partial charge in [0, 0.05) is 6.20 Å². The van der Waals surface area contributed by atoms with E-state index < -0.39 is 0 Å². The minimum atomic E-state index is -0.167. The fourth-order valence-electron chi connectivity index (χ4n) is 1.59. The van der Waals surface area contributed by atoms with Crippen molar-refractivity contribution >= 4 is 18.7 Å². The average molecular weight is 234 g/mol. The van der Waals surface area contributed by atoms with Crippen LogP contribution in [0.15, 0.2) is 42.1 Å². The molecule has 0 aliphatic carbocycles. The molecule has 0 saturated carbocycles. The van der Waals surface area contributed by atoms with Crippen LogP contribution in [-0.2, 0) is 6.54 Å². The summed E-state index contributed by atoms with van der Waals surface area (Å²) in [5, 5.41) is 2.62. The fraction of sp³-hybridized carbons (Fsp3) is 0.250. The van der Waals surface area contributed by atoms with Crippen LogP contribution >= 0.6 is 12.6 Å². The highest BCUT2D eigenvalue weighted by atomic mass is 32.1. The molecule has 84 valence electrons. The lowest BCUT2D eigenvalue weighted by atomic mass is 10.2. The number of hydrogen-bond donors (Lipinski definition) is 2. The lowest BCUT2D eigenvalue weighted by Crippen LogP contribution is -2.44. The van der Waals surface area contributed by atoms with Gasteiger partial charge in [0.1, 0.15) is 0 Å². The van der Waals surface area contributed by atoms with Gasteiger partial charge < -0.3 is 5.32 Å². The van der Waals surface area contributed by atoms with E-state index in [2.05, 4.69) is 17.9 Å². The maximum atomic E-state index is 11.7. The number of carbonyl (C=O) groups excluding carboxylic acids is 1. The molecule has 1 aliphatic heterocycles. The molecule has 4 heteroatoms. The van der Waals surface area contributed by atoms with Gasteiger partial charge in [0.15, 0.2) is 0 Å². The zero-order valence-electron chi connectivity index (χ0n) is 9.05. The third-order valence-corrected chi connectivity index (χ3v) is 3.04. The Balaban J connectivity index is 2.13. The SMILES string of the molecule is CC1=CN(Cc2ccccc2)C(=O)NC1S. The van der Waals surface area contributed by atoms with Gasteiger partial charge in [-0.2, -0.15) is 12.6 Å². The molecule has 1 N–H and O–H groups in total. The molecule has 16 heavy (non-hydrogen) atoms. The van der Waals surface area contributed by atoms with Crippen molar-refractivity contribution in [2.75, 3.05) is 0 Å². The van der Waals surface area contributed by atoms with Gasteiger partial charge >= 0.3 is 6.03 Å². The number of benzene rings is 1. The predicted molar refractivity (Wildman–Crippen MR) is 67.0 cm³/mol. The van der Waals surface area contributed by atoms with Gasteiger partial charge in [-0.1, -0.05) is 30.3 Å². The molecule has 0 bridgehead atoms. The number of hydrogen-bond acceptors (Lipinski definition) is 2. The summed E-state index contributed by atoms with van der Waals surface area (Å²) in [6.45, 7) is 2.54. The molecular weight excluding hydrogens is 220 g/mol. The van der Waals surface area contributed by atoms with E-state index in [0.717, 1.165) is 11.1 Å². The third-order valence-electron chi connectivity index (χ3n) is 2.51. The van der Waals surface area contributed by atoms with Crippen LogP contribution in [0.1, 0.15) is 12.5 Å². The van der Waals surface area contributed by atoms with Gasteiger partial charge in [0.25, 0.3) is 0 Å². The van der Waals surface area contributed by atoms with Crippen molar-refractivity contribution in [3.8, 4) is 0 Å². The highest BCUT2D eigenvalue weighted by Crippen LogP contribution is 2.15. The zero-order chi connectivity index (χ0) is 11.5. The van der Waals surface area contributed by atoms with Gasteiger partial charge in [0.05, 0.1) is 11.9 Å². The van der Waals surface area contributed by atoms with Crippen LogP contribution in [0.25, 0.3) is 0 Å². The van der Waals surface area contributed by atoms with E-state index in [-0.39, 0.29) is 11.4 Å². The summed E-state index contributed by atoms with van der Waals surface area (Å²) >= 11 is 4.26. The second-order valence-electron chi connectivity index (χ2n) is 3.84. The van der Waals surface area contributed by atoms with Crippen LogP contribution in [0.3, 0.4) is 0 Å². The maximum Gasteiger partial charge on any atom is 0.322 e. The maximum absolute atomic E-state index is 11.7. The summed E-state index contributed by atoms with van der Waals surface area (Å²) in [5.41, 5.74) is 2.15. The van der Waals surface area contributed by atoms with Crippen molar-refractivity contribution in [1.82, 2.24) is 10.2 Å². The molecule has 1 aromatic rings. The Morgan fingerprint density at radius 2 is 2.06 bits per heavy atom. The summed E-state index contributed by atoms with van der Waals surface area (Å²) in [6, 6.07) is 9.80. The van der Waals surface area contributed by atoms with E-state index in [0.29, 0.717) is 6.54 Å². The van der Waals surface area contributed by atoms with Crippen molar-refractivity contribution in [3.63, 3.8) is 0 Å². The predicted octanol–water partition coefficient (Wildman–Crippen LogP) is 2.37. The summed E-state index contributed by atoms with van der Waals surface area (Å²) in [4.78, 5) is 13.3. The number of amides is 2. The van der Waals surface area contributed by atoms with Crippen molar-refractivity contribution < 1.29 is 4.79 Å². The van der Waals surface area contributed by atoms with Gasteiger partial charge in [0.2, 0.25) is 0 Å². The van der Waals surface area contributed by atoms with E-state index >= 15 is 0 Å². The molecule has 1 unspecified atom stereocenters. The van der Waals surface area contributed by atoms with Crippen LogP contribution in [0.5, 0.6) is 0 Å². The molecular formula is C12H14N2OS. The standard InChI is InChI=1S/C12H14N2OS/c1-9-7-14(12(15)13-11(9)16)8-10-5-3-2-4-6-10/h2-7,11,16H,8H2,1H3,(H,13,15). The highest BCUT2D eigenvalue weighted by molar-refractivity contribution is 7.81. The average Bonchev–Trinajstić information content (AvgIpc) is 2.27. The van der Waals surface area contributed by atoms with Crippen LogP contribution < -0.4 is 5.32 Å². The first-order valence-corrected chi connectivity index (χ1v) is 5.66. The Kier molecular flexibility index (Phi) is 3.19. The molecule has 2 amide bonds. The minimum Gasteiger partial charge on any atom is -0.322 e. The number of rotatable bonds is 2. The number of thiol groups is 1. The molecule has 2 rings (SSSR count). The van der Waals surface area contributed by atoms with Crippen molar-refractivity contribution in [3.05, 3.63) is 47.7 Å². The molecule has 0 radical (unpaired) electrons. The largest absolute Gasteiger partial charge is 0.322 e. The molecule has 1 atom stereocenters. The van der Waals surface area contributed by atoms with E-state index in [9.17, 15) is 4.79 Å². The molecule has 1 heterocycles. The van der Waals surface area contributed by atoms with Gasteiger partial charge in [-0.15, -0.1) is 0 Å². The van der Waals surface area contributed by atoms with Gasteiger partial charge in [-0.3, -0.25) is 4.90 Å². The molecule has 1 aromatic carbocycles. The molecule has 0 spiro atoms. The first-order chi connectivity index (χ1) is 7.66. The van der Waals surface area contributed by atoms with Crippen LogP contribution in [0, 0.1) is 0 Å². The Morgan fingerprint density at radius 3 is 2.75 bits per heavy atom. The Hall–Kier alpha value is -1.42. The van der Waals surface area contributed by atoms with Crippen molar-refractivity contribution in [2.45, 2.75) is 18.8 Å². The van der Waals surface area contributed by atoms with Crippen molar-refractivity contribution in [1.29, 1.82) is 0 Å². The Labute approximate surface area is 101 Å². The third kappa shape index (κ3) is 2.39. The first kappa shape index (κ1) is 11.1. The molecule has 0 aromatic heterocycles. The number of carbonyl (C=O) groups is 1. The smallest absolute Gasteiger partial charge is 0.322 e. The molecule has 0 saturated heterocycles. The number of nitrogens with zero attached hydrogens (tertiary/aromatic N) is 1. The zero-order valence-corrected chi connectivity index (χ0v) is 9.95. The molecule has 3 nitrogen and oxygen atoms in total. The Morgan fingerprint density at radius 1 is 1.38 bits per heavy atom. The van der Waals surface area contributed by atoms with Gasteiger partial charge in [-0.05, 0) is 18.1 Å². The normalized spacial score (nSPS) is 20.4. The van der Waals surface area contributed by atoms with Crippen LogP contribution in [0.2, 0.25) is 0 Å². The quantitative estimate of drug-likeness (QED) is 0.757. The topological polar surface area (TPSA) is 32.3 Å². The molecule has 0 fully saturated rings. The first-order valence-electron chi connectivity index (χ1n) is 5.14. The lowest BCUT2D eigenvalue weighted by Gasteiger charge is -2.28.